The van der Waals surface area contributed by atoms with Crippen molar-refractivity contribution in [3.8, 4) is 0 Å². The lowest BCUT2D eigenvalue weighted by molar-refractivity contribution is -0.695. The van der Waals surface area contributed by atoms with E-state index in [1.807, 2.05) is 4.68 Å². The zero-order valence-electron chi connectivity index (χ0n) is 30.7. The molecule has 0 spiro atoms. The summed E-state index contributed by atoms with van der Waals surface area (Å²) in [5.74, 6) is 0.302. The molecular formula is C48H41N7+2. The van der Waals surface area contributed by atoms with E-state index >= 15 is 0 Å². The van der Waals surface area contributed by atoms with Crippen LogP contribution in [0.2, 0.25) is 0 Å². The molecule has 3 N–H and O–H groups in total. The highest BCUT2D eigenvalue weighted by Crippen LogP contribution is 2.50. The van der Waals surface area contributed by atoms with E-state index in [4.69, 9.17) is 5.73 Å². The molecule has 7 nitrogen and oxygen atoms in total. The third kappa shape index (κ3) is 4.76. The minimum Gasteiger partial charge on any atom is -0.325 e. The Labute approximate surface area is 319 Å². The van der Waals surface area contributed by atoms with Gasteiger partial charge in [0.1, 0.15) is 6.54 Å². The van der Waals surface area contributed by atoms with Crippen LogP contribution in [0.25, 0.3) is 54.7 Å². The Kier molecular flexibility index (Phi) is 6.83. The van der Waals surface area contributed by atoms with E-state index in [-0.39, 0.29) is 0 Å². The van der Waals surface area contributed by atoms with Gasteiger partial charge in [-0.15, -0.1) is 5.10 Å². The van der Waals surface area contributed by atoms with Crippen LogP contribution in [0, 0.1) is 0 Å². The van der Waals surface area contributed by atoms with Gasteiger partial charge in [-0.2, -0.15) is 0 Å². The number of rotatable bonds is 9. The second kappa shape index (κ2) is 12.0. The van der Waals surface area contributed by atoms with Crippen LogP contribution in [0.4, 0.5) is 0 Å². The zero-order chi connectivity index (χ0) is 36.2. The molecule has 0 saturated carbocycles. The van der Waals surface area contributed by atoms with Crippen molar-refractivity contribution in [2.75, 3.05) is 13.1 Å². The topological polar surface area (TPSA) is 75.7 Å². The Bertz CT molecular complexity index is 2980. The van der Waals surface area contributed by atoms with Gasteiger partial charge in [0.15, 0.2) is 37.9 Å². The fourth-order valence-electron chi connectivity index (χ4n) is 10.3. The summed E-state index contributed by atoms with van der Waals surface area (Å²) in [6.07, 6.45) is 28.4. The third-order valence-corrected chi connectivity index (χ3v) is 12.7. The van der Waals surface area contributed by atoms with Gasteiger partial charge in [0.25, 0.3) is 0 Å². The van der Waals surface area contributed by atoms with Gasteiger partial charge < -0.3 is 11.1 Å². The van der Waals surface area contributed by atoms with E-state index in [2.05, 4.69) is 141 Å². The van der Waals surface area contributed by atoms with Gasteiger partial charge in [0.2, 0.25) is 0 Å². The Hall–Kier alpha value is -6.02. The van der Waals surface area contributed by atoms with Crippen molar-refractivity contribution < 1.29 is 9.14 Å². The maximum absolute atomic E-state index is 5.92. The highest BCUT2D eigenvalue weighted by atomic mass is 15.4. The predicted molar refractivity (Wildman–Crippen MR) is 221 cm³/mol. The van der Waals surface area contributed by atoms with Crippen LogP contribution in [0.5, 0.6) is 0 Å². The van der Waals surface area contributed by atoms with Crippen molar-refractivity contribution in [3.63, 3.8) is 0 Å². The lowest BCUT2D eigenvalue weighted by atomic mass is 9.70. The van der Waals surface area contributed by atoms with Crippen molar-refractivity contribution in [2.45, 2.75) is 51.4 Å². The summed E-state index contributed by atoms with van der Waals surface area (Å²) < 4.78 is 6.55. The smallest absolute Gasteiger partial charge is 0.176 e. The summed E-state index contributed by atoms with van der Waals surface area (Å²) in [6, 6.07) is 18.7. The number of nitrogens with one attached hydrogen (secondary N) is 1. The molecule has 5 aromatic carbocycles. The molecule has 0 amide bonds. The van der Waals surface area contributed by atoms with E-state index in [1.54, 1.807) is 0 Å². The first-order valence-electron chi connectivity index (χ1n) is 19.8. The molecule has 1 unspecified atom stereocenters. The van der Waals surface area contributed by atoms with Gasteiger partial charge >= 0.3 is 0 Å². The van der Waals surface area contributed by atoms with Crippen molar-refractivity contribution in [1.82, 2.24) is 20.3 Å². The molecule has 1 atom stereocenters. The van der Waals surface area contributed by atoms with Gasteiger partial charge in [-0.3, -0.25) is 0 Å². The summed E-state index contributed by atoms with van der Waals surface area (Å²) in [7, 11) is 0. The monoisotopic (exact) mass is 715 g/mol. The lowest BCUT2D eigenvalue weighted by Gasteiger charge is -2.33. The van der Waals surface area contributed by atoms with Crippen molar-refractivity contribution in [1.29, 1.82) is 0 Å². The molecule has 266 valence electrons. The molecule has 55 heavy (non-hydrogen) atoms. The van der Waals surface area contributed by atoms with E-state index < -0.39 is 0 Å². The Balaban J connectivity index is 0.780. The molecule has 3 heterocycles. The standard InChI is InChI=1S/C48H41N7/c49-18-19-53-24-33-9-14-39-41-16-11-35-26-54(27-36-12-17-42(48(41)45(35)36)40-15-10-34(25-53)44(33)47(39)40)20-21-55-28-37(51-52-55)23-50-22-32-7-6-31-5-4-29-2-1-3-30-8-13-38(32)46(31)43(29)30/h1-2,4,6-14,16-17,24-28,44,50H,3,5,15,18-23,49H2/q+2. The SMILES string of the molecule is NCC[N+]1=CC2=CCc3c4c(c5ccc6c[n+](CCn7cc(CNCc8ccc9c%10c%11c(ccc8%10)CC=CC%11=CC9)nn7)cc7ccc3c5c67)C=CC(=C1)C24. The fraction of sp³-hybridized carbons (Fsp3) is 0.208. The fourth-order valence-corrected chi connectivity index (χ4v) is 10.3. The average Bonchev–Trinajstić information content (AvgIpc) is 3.68. The van der Waals surface area contributed by atoms with Gasteiger partial charge in [0.05, 0.1) is 18.4 Å². The minimum atomic E-state index is 0.302. The molecule has 0 bridgehead atoms. The molecule has 0 fully saturated rings. The van der Waals surface area contributed by atoms with Gasteiger partial charge in [-0.1, -0.05) is 78.1 Å². The van der Waals surface area contributed by atoms with Crippen LogP contribution in [-0.2, 0) is 45.4 Å². The summed E-state index contributed by atoms with van der Waals surface area (Å²) in [5.41, 5.74) is 21.0. The molecule has 1 aliphatic heterocycles. The number of pyridine rings is 1. The van der Waals surface area contributed by atoms with Crippen LogP contribution < -0.4 is 15.6 Å². The zero-order valence-corrected chi connectivity index (χ0v) is 30.7. The Morgan fingerprint density at radius 2 is 1.65 bits per heavy atom. The number of benzene rings is 5. The number of hydrogen-bond acceptors (Lipinski definition) is 4. The number of nitrogens with two attached hydrogens (primary N) is 1. The average molecular weight is 716 g/mol. The summed E-state index contributed by atoms with van der Waals surface area (Å²) in [5, 5.41) is 23.6. The van der Waals surface area contributed by atoms with Crippen LogP contribution >= 0.6 is 0 Å². The first kappa shape index (κ1) is 31.3. The van der Waals surface area contributed by atoms with E-state index in [1.165, 1.54) is 98.8 Å². The lowest BCUT2D eigenvalue weighted by Crippen LogP contribution is -2.35. The molecule has 12 rings (SSSR count). The van der Waals surface area contributed by atoms with Crippen LogP contribution in [0.15, 0.2) is 115 Å². The molecule has 2 aromatic heterocycles. The maximum atomic E-state index is 5.92. The van der Waals surface area contributed by atoms with Crippen molar-refractivity contribution in [3.05, 3.63) is 159 Å². The summed E-state index contributed by atoms with van der Waals surface area (Å²) >= 11 is 0. The van der Waals surface area contributed by atoms with E-state index in [0.29, 0.717) is 19.0 Å². The van der Waals surface area contributed by atoms with Crippen LogP contribution in [0.3, 0.4) is 0 Å². The number of fused-ring (bicyclic) bond motifs is 2. The quantitative estimate of drug-likeness (QED) is 0.123. The molecule has 4 aliphatic carbocycles. The minimum absolute atomic E-state index is 0.302. The Morgan fingerprint density at radius 1 is 0.782 bits per heavy atom. The van der Waals surface area contributed by atoms with Crippen molar-refractivity contribution >= 4 is 61.0 Å². The molecule has 0 radical (unpaired) electrons. The number of aryl methyl sites for hydroxylation is 2. The molecule has 7 aromatic rings. The molecule has 0 saturated heterocycles. The van der Waals surface area contributed by atoms with Crippen LogP contribution in [-0.4, -0.2) is 38.9 Å². The van der Waals surface area contributed by atoms with Crippen LogP contribution in [0.1, 0.15) is 50.6 Å². The maximum Gasteiger partial charge on any atom is 0.176 e. The highest BCUT2D eigenvalue weighted by Gasteiger charge is 2.37. The summed E-state index contributed by atoms with van der Waals surface area (Å²) in [4.78, 5) is 0. The third-order valence-electron chi connectivity index (χ3n) is 12.7. The van der Waals surface area contributed by atoms with Gasteiger partial charge in [0, 0.05) is 46.3 Å². The number of allylic oxidation sites excluding steroid dienone is 8. The Morgan fingerprint density at radius 3 is 2.56 bits per heavy atom. The number of hydrogen-bond donors (Lipinski definition) is 2. The molecule has 7 heteroatoms. The number of aromatic nitrogens is 4. The normalized spacial score (nSPS) is 17.6. The largest absolute Gasteiger partial charge is 0.325 e. The van der Waals surface area contributed by atoms with E-state index in [9.17, 15) is 0 Å². The van der Waals surface area contributed by atoms with Crippen molar-refractivity contribution in [2.24, 2.45) is 5.73 Å². The summed E-state index contributed by atoms with van der Waals surface area (Å²) in [6.45, 7) is 4.51. The first-order chi connectivity index (χ1) is 27.2. The second-order valence-corrected chi connectivity index (χ2v) is 15.9. The highest BCUT2D eigenvalue weighted by molar-refractivity contribution is 6.25. The molecule has 5 aliphatic rings. The van der Waals surface area contributed by atoms with E-state index in [0.717, 1.165) is 51.1 Å². The predicted octanol–water partition coefficient (Wildman–Crippen LogP) is 7.19. The molecular weight excluding hydrogens is 675 g/mol. The van der Waals surface area contributed by atoms with Gasteiger partial charge in [-0.25, -0.2) is 13.8 Å². The second-order valence-electron chi connectivity index (χ2n) is 15.9. The first-order valence-corrected chi connectivity index (χ1v) is 19.8. The number of nitrogens with zero attached hydrogens (tertiary/aromatic N) is 5. The van der Waals surface area contributed by atoms with Gasteiger partial charge in [-0.05, 0) is 103 Å².